The third kappa shape index (κ3) is 4.30. The summed E-state index contributed by atoms with van der Waals surface area (Å²) in [6.45, 7) is 4.90. The summed E-state index contributed by atoms with van der Waals surface area (Å²) in [5.74, 6) is 1.66. The Hall–Kier alpha value is -2.37. The van der Waals surface area contributed by atoms with E-state index < -0.39 is 0 Å². The van der Waals surface area contributed by atoms with E-state index in [2.05, 4.69) is 34.3 Å². The minimum atomic E-state index is -0.216. The van der Waals surface area contributed by atoms with E-state index in [4.69, 9.17) is 4.74 Å². The van der Waals surface area contributed by atoms with Gasteiger partial charge in [-0.25, -0.2) is 0 Å². The minimum absolute atomic E-state index is 0.216. The van der Waals surface area contributed by atoms with Gasteiger partial charge < -0.3 is 10.1 Å². The number of aromatic amines is 1. The lowest BCUT2D eigenvalue weighted by atomic mass is 10.1. The largest absolute Gasteiger partial charge is 0.497 e. The molecule has 6 heteroatoms. The highest BCUT2D eigenvalue weighted by atomic mass is 16.5. The summed E-state index contributed by atoms with van der Waals surface area (Å²) in [6.07, 6.45) is 0.441. The van der Waals surface area contributed by atoms with Crippen molar-refractivity contribution in [1.29, 1.82) is 0 Å². The molecule has 0 aliphatic heterocycles. The minimum Gasteiger partial charge on any atom is -0.497 e. The van der Waals surface area contributed by atoms with E-state index in [9.17, 15) is 4.79 Å². The summed E-state index contributed by atoms with van der Waals surface area (Å²) in [5.41, 5.74) is 1.17. The van der Waals surface area contributed by atoms with Gasteiger partial charge in [-0.05, 0) is 23.6 Å². The molecule has 2 aromatic rings. The van der Waals surface area contributed by atoms with Crippen LogP contribution >= 0.6 is 0 Å². The van der Waals surface area contributed by atoms with E-state index in [1.54, 1.807) is 7.11 Å². The molecule has 1 heterocycles. The number of aromatic nitrogens is 3. The first-order valence-corrected chi connectivity index (χ1v) is 6.91. The first-order valence-electron chi connectivity index (χ1n) is 6.91. The van der Waals surface area contributed by atoms with Crippen LogP contribution in [0.3, 0.4) is 0 Å². The lowest BCUT2D eigenvalue weighted by Crippen LogP contribution is -2.21. The van der Waals surface area contributed by atoms with Gasteiger partial charge in [-0.1, -0.05) is 26.0 Å². The van der Waals surface area contributed by atoms with Crippen LogP contribution in [0.5, 0.6) is 5.75 Å². The second kappa shape index (κ2) is 6.88. The van der Waals surface area contributed by atoms with Gasteiger partial charge >= 0.3 is 0 Å². The van der Waals surface area contributed by atoms with Crippen molar-refractivity contribution in [2.45, 2.75) is 20.3 Å². The van der Waals surface area contributed by atoms with Crippen LogP contribution in [-0.2, 0) is 6.42 Å². The average Bonchev–Trinajstić information content (AvgIpc) is 2.48. The smallest absolute Gasteiger partial charge is 0.274 e. The van der Waals surface area contributed by atoms with Crippen molar-refractivity contribution in [3.63, 3.8) is 0 Å². The number of hydrogen-bond acceptors (Lipinski definition) is 5. The van der Waals surface area contributed by atoms with E-state index in [0.717, 1.165) is 17.9 Å². The normalized spacial score (nSPS) is 10.7. The zero-order valence-corrected chi connectivity index (χ0v) is 12.5. The molecule has 0 aliphatic carbocycles. The van der Waals surface area contributed by atoms with Crippen molar-refractivity contribution in [1.82, 2.24) is 15.2 Å². The topological polar surface area (TPSA) is 79.9 Å². The third-order valence-corrected chi connectivity index (χ3v) is 2.97. The SMILES string of the molecule is COc1ccc(Cc2nnc(NCC(C)C)[nH]c2=O)cc1. The predicted molar refractivity (Wildman–Crippen MR) is 81.8 cm³/mol. The molecular weight excluding hydrogens is 268 g/mol. The van der Waals surface area contributed by atoms with Crippen LogP contribution in [0.15, 0.2) is 29.1 Å². The fraction of sp³-hybridized carbons (Fsp3) is 0.400. The van der Waals surface area contributed by atoms with Crippen molar-refractivity contribution in [2.75, 3.05) is 19.0 Å². The van der Waals surface area contributed by atoms with Crippen molar-refractivity contribution < 1.29 is 4.74 Å². The van der Waals surface area contributed by atoms with Crippen LogP contribution in [0, 0.1) is 5.92 Å². The van der Waals surface area contributed by atoms with Crippen LogP contribution in [0.4, 0.5) is 5.95 Å². The number of ether oxygens (including phenoxy) is 1. The molecule has 0 saturated carbocycles. The Kier molecular flexibility index (Phi) is 4.92. The molecular formula is C15H20N4O2. The third-order valence-electron chi connectivity index (χ3n) is 2.97. The molecule has 0 aliphatic rings. The second-order valence-corrected chi connectivity index (χ2v) is 5.25. The van der Waals surface area contributed by atoms with Gasteiger partial charge in [-0.2, -0.15) is 0 Å². The van der Waals surface area contributed by atoms with E-state index in [1.807, 2.05) is 24.3 Å². The number of rotatable bonds is 6. The van der Waals surface area contributed by atoms with Crippen molar-refractivity contribution in [3.05, 3.63) is 45.9 Å². The summed E-state index contributed by atoms with van der Waals surface area (Å²) in [4.78, 5) is 14.7. The lowest BCUT2D eigenvalue weighted by molar-refractivity contribution is 0.414. The van der Waals surface area contributed by atoms with Gasteiger partial charge in [0.05, 0.1) is 7.11 Å². The number of nitrogens with zero attached hydrogens (tertiary/aromatic N) is 2. The van der Waals surface area contributed by atoms with Crippen LogP contribution in [0.1, 0.15) is 25.1 Å². The molecule has 2 N–H and O–H groups in total. The molecule has 0 atom stereocenters. The van der Waals surface area contributed by atoms with Crippen molar-refractivity contribution in [2.24, 2.45) is 5.92 Å². The number of nitrogens with one attached hydrogen (secondary N) is 2. The van der Waals surface area contributed by atoms with Crippen LogP contribution in [0.25, 0.3) is 0 Å². The Labute approximate surface area is 123 Å². The lowest BCUT2D eigenvalue weighted by Gasteiger charge is -2.07. The summed E-state index contributed by atoms with van der Waals surface area (Å²) in [7, 11) is 1.62. The zero-order chi connectivity index (χ0) is 15.2. The number of hydrogen-bond donors (Lipinski definition) is 2. The predicted octanol–water partition coefficient (Wildman–Crippen LogP) is 1.83. The van der Waals surface area contributed by atoms with Gasteiger partial charge in [0.15, 0.2) is 0 Å². The van der Waals surface area contributed by atoms with Gasteiger partial charge in [-0.15, -0.1) is 10.2 Å². The molecule has 0 saturated heterocycles. The van der Waals surface area contributed by atoms with Gasteiger partial charge in [0.25, 0.3) is 5.56 Å². The van der Waals surface area contributed by atoms with Crippen LogP contribution in [-0.4, -0.2) is 28.8 Å². The van der Waals surface area contributed by atoms with Gasteiger partial charge in [0.2, 0.25) is 5.95 Å². The highest BCUT2D eigenvalue weighted by Crippen LogP contribution is 2.12. The fourth-order valence-electron chi connectivity index (χ4n) is 1.79. The number of benzene rings is 1. The number of anilines is 1. The molecule has 6 nitrogen and oxygen atoms in total. The molecule has 112 valence electrons. The molecule has 21 heavy (non-hydrogen) atoms. The van der Waals surface area contributed by atoms with E-state index >= 15 is 0 Å². The fourth-order valence-corrected chi connectivity index (χ4v) is 1.79. The Morgan fingerprint density at radius 1 is 1.24 bits per heavy atom. The van der Waals surface area contributed by atoms with Crippen LogP contribution < -0.4 is 15.6 Å². The Bertz CT molecular complexity index is 635. The Morgan fingerprint density at radius 3 is 2.52 bits per heavy atom. The Morgan fingerprint density at radius 2 is 1.95 bits per heavy atom. The monoisotopic (exact) mass is 288 g/mol. The molecule has 1 aromatic heterocycles. The summed E-state index contributed by atoms with van der Waals surface area (Å²) in [5, 5.41) is 11.1. The molecule has 0 fully saturated rings. The maximum atomic E-state index is 12.0. The number of methoxy groups -OCH3 is 1. The van der Waals surface area contributed by atoms with Gasteiger partial charge in [-0.3, -0.25) is 9.78 Å². The van der Waals surface area contributed by atoms with E-state index in [-0.39, 0.29) is 5.56 Å². The summed E-state index contributed by atoms with van der Waals surface area (Å²) < 4.78 is 5.10. The summed E-state index contributed by atoms with van der Waals surface area (Å²) in [6, 6.07) is 7.53. The maximum absolute atomic E-state index is 12.0. The van der Waals surface area contributed by atoms with Gasteiger partial charge in [0.1, 0.15) is 11.4 Å². The first-order chi connectivity index (χ1) is 10.1. The molecule has 0 bridgehead atoms. The maximum Gasteiger partial charge on any atom is 0.274 e. The molecule has 0 unspecified atom stereocenters. The van der Waals surface area contributed by atoms with E-state index in [1.165, 1.54) is 0 Å². The average molecular weight is 288 g/mol. The highest BCUT2D eigenvalue weighted by molar-refractivity contribution is 5.30. The molecule has 0 spiro atoms. The molecule has 1 aromatic carbocycles. The van der Waals surface area contributed by atoms with Gasteiger partial charge in [0, 0.05) is 13.0 Å². The van der Waals surface area contributed by atoms with Crippen molar-refractivity contribution >= 4 is 5.95 Å². The first kappa shape index (κ1) is 15.0. The summed E-state index contributed by atoms with van der Waals surface area (Å²) >= 11 is 0. The molecule has 0 amide bonds. The standard InChI is InChI=1S/C15H20N4O2/c1-10(2)9-16-15-17-14(20)13(18-19-15)8-11-4-6-12(21-3)7-5-11/h4-7,10H,8-9H2,1-3H3,(H2,16,17,19,20). The van der Waals surface area contributed by atoms with E-state index in [0.29, 0.717) is 24.0 Å². The Balaban J connectivity index is 2.08. The quantitative estimate of drug-likeness (QED) is 0.847. The molecule has 2 rings (SSSR count). The molecule has 0 radical (unpaired) electrons. The van der Waals surface area contributed by atoms with Crippen molar-refractivity contribution in [3.8, 4) is 5.75 Å². The van der Waals surface area contributed by atoms with Crippen LogP contribution in [0.2, 0.25) is 0 Å². The zero-order valence-electron chi connectivity index (χ0n) is 12.5. The second-order valence-electron chi connectivity index (χ2n) is 5.25. The highest BCUT2D eigenvalue weighted by Gasteiger charge is 2.06. The number of H-pyrrole nitrogens is 1.